The molecule has 1 amide bonds. The van der Waals surface area contributed by atoms with Crippen LogP contribution < -0.4 is 5.73 Å². The van der Waals surface area contributed by atoms with Crippen molar-refractivity contribution in [2.45, 2.75) is 6.42 Å². The van der Waals surface area contributed by atoms with Crippen LogP contribution in [-0.4, -0.2) is 5.91 Å². The Labute approximate surface area is 107 Å². The maximum absolute atomic E-state index is 11.0. The summed E-state index contributed by atoms with van der Waals surface area (Å²) in [6, 6.07) is 17.6. The average molecular weight is 248 g/mol. The second-order valence-corrected chi connectivity index (χ2v) is 3.73. The van der Waals surface area contributed by atoms with Gasteiger partial charge in [-0.1, -0.05) is 42.5 Å². The van der Waals surface area contributed by atoms with Crippen molar-refractivity contribution in [1.29, 1.82) is 0 Å². The summed E-state index contributed by atoms with van der Waals surface area (Å²) in [5.41, 5.74) is 8.13. The first kappa shape index (κ1) is 13.3. The third-order valence-corrected chi connectivity index (χ3v) is 2.46. The molecule has 3 heteroatoms. The fraction of sp³-hybridized carbons (Fsp3) is 0.0714. The van der Waals surface area contributed by atoms with Gasteiger partial charge < -0.3 is 5.73 Å². The summed E-state index contributed by atoms with van der Waals surface area (Å²) in [5.74, 6) is -0.380. The molecule has 0 radical (unpaired) electrons. The lowest BCUT2D eigenvalue weighted by Crippen LogP contribution is -2.10. The zero-order chi connectivity index (χ0) is 11.4. The van der Waals surface area contributed by atoms with Gasteiger partial charge >= 0.3 is 0 Å². The quantitative estimate of drug-likeness (QED) is 0.891. The molecule has 0 saturated carbocycles. The average Bonchev–Trinajstić information content (AvgIpc) is 2.30. The monoisotopic (exact) mass is 247 g/mol. The first-order valence-corrected chi connectivity index (χ1v) is 5.18. The summed E-state index contributed by atoms with van der Waals surface area (Å²) in [7, 11) is 0. The smallest absolute Gasteiger partial charge is 0.248 e. The summed E-state index contributed by atoms with van der Waals surface area (Å²) in [6.07, 6.45) is 0.821. The maximum atomic E-state index is 11.0. The number of hydrogen-bond acceptors (Lipinski definition) is 1. The second-order valence-electron chi connectivity index (χ2n) is 3.73. The Balaban J connectivity index is 0.00000144. The van der Waals surface area contributed by atoms with Crippen molar-refractivity contribution in [3.63, 3.8) is 0 Å². The van der Waals surface area contributed by atoms with Crippen LogP contribution in [0.2, 0.25) is 0 Å². The molecule has 0 unspecified atom stereocenters. The van der Waals surface area contributed by atoms with Gasteiger partial charge in [0.1, 0.15) is 0 Å². The van der Waals surface area contributed by atoms with Gasteiger partial charge in [-0.15, -0.1) is 12.4 Å². The standard InChI is InChI=1S/C14H13NO.ClH/c15-14(16)13-8-4-7-12(10-13)9-11-5-2-1-3-6-11;/h1-8,10H,9H2,(H2,15,16);1H. The van der Waals surface area contributed by atoms with Gasteiger partial charge in [0, 0.05) is 5.56 Å². The zero-order valence-electron chi connectivity index (χ0n) is 9.30. The topological polar surface area (TPSA) is 43.1 Å². The zero-order valence-corrected chi connectivity index (χ0v) is 10.1. The third kappa shape index (κ3) is 3.61. The lowest BCUT2D eigenvalue weighted by molar-refractivity contribution is 0.1000. The van der Waals surface area contributed by atoms with Crippen molar-refractivity contribution in [3.8, 4) is 0 Å². The molecule has 0 fully saturated rings. The predicted molar refractivity (Wildman–Crippen MR) is 71.5 cm³/mol. The number of nitrogens with two attached hydrogens (primary N) is 1. The van der Waals surface area contributed by atoms with Crippen molar-refractivity contribution >= 4 is 18.3 Å². The van der Waals surface area contributed by atoms with Crippen LogP contribution in [0.4, 0.5) is 0 Å². The lowest BCUT2D eigenvalue weighted by atomic mass is 10.0. The number of amides is 1. The van der Waals surface area contributed by atoms with Gasteiger partial charge in [0.05, 0.1) is 0 Å². The van der Waals surface area contributed by atoms with E-state index in [-0.39, 0.29) is 18.3 Å². The molecule has 0 heterocycles. The summed E-state index contributed by atoms with van der Waals surface area (Å²) in [5, 5.41) is 0. The molecule has 0 aliphatic rings. The number of halogens is 1. The van der Waals surface area contributed by atoms with Crippen LogP contribution in [0.15, 0.2) is 54.6 Å². The van der Waals surface area contributed by atoms with Gasteiger partial charge in [-0.2, -0.15) is 0 Å². The minimum Gasteiger partial charge on any atom is -0.366 e. The van der Waals surface area contributed by atoms with E-state index in [0.717, 1.165) is 12.0 Å². The first-order chi connectivity index (χ1) is 7.75. The molecule has 2 N–H and O–H groups in total. The van der Waals surface area contributed by atoms with Crippen molar-refractivity contribution in [2.24, 2.45) is 5.73 Å². The Morgan fingerprint density at radius 2 is 1.59 bits per heavy atom. The van der Waals surface area contributed by atoms with E-state index in [2.05, 4.69) is 12.1 Å². The molecule has 0 aromatic heterocycles. The van der Waals surface area contributed by atoms with Crippen LogP contribution in [-0.2, 0) is 6.42 Å². The highest BCUT2D eigenvalue weighted by Crippen LogP contribution is 2.10. The van der Waals surface area contributed by atoms with Crippen LogP contribution in [0, 0.1) is 0 Å². The van der Waals surface area contributed by atoms with Crippen molar-refractivity contribution in [2.75, 3.05) is 0 Å². The van der Waals surface area contributed by atoms with E-state index in [1.54, 1.807) is 6.07 Å². The van der Waals surface area contributed by atoms with Crippen molar-refractivity contribution in [3.05, 3.63) is 71.3 Å². The normalized spacial score (nSPS) is 9.41. The minimum absolute atomic E-state index is 0. The highest BCUT2D eigenvalue weighted by molar-refractivity contribution is 5.92. The van der Waals surface area contributed by atoms with Gasteiger partial charge in [0.25, 0.3) is 0 Å². The Bertz CT molecular complexity index is 497. The number of carbonyl (C=O) groups is 1. The summed E-state index contributed by atoms with van der Waals surface area (Å²) in [6.45, 7) is 0. The summed E-state index contributed by atoms with van der Waals surface area (Å²) in [4.78, 5) is 11.0. The molecule has 2 rings (SSSR count). The molecule has 0 aliphatic carbocycles. The first-order valence-electron chi connectivity index (χ1n) is 5.18. The summed E-state index contributed by atoms with van der Waals surface area (Å²) < 4.78 is 0. The van der Waals surface area contributed by atoms with E-state index < -0.39 is 0 Å². The van der Waals surface area contributed by atoms with E-state index in [1.165, 1.54) is 5.56 Å². The molecule has 0 spiro atoms. The minimum atomic E-state index is -0.380. The summed E-state index contributed by atoms with van der Waals surface area (Å²) >= 11 is 0. The van der Waals surface area contributed by atoms with E-state index in [9.17, 15) is 4.79 Å². The molecule has 17 heavy (non-hydrogen) atoms. The van der Waals surface area contributed by atoms with Gasteiger partial charge in [0.15, 0.2) is 0 Å². The highest BCUT2D eigenvalue weighted by Gasteiger charge is 2.01. The third-order valence-electron chi connectivity index (χ3n) is 2.46. The molecule has 0 saturated heterocycles. The largest absolute Gasteiger partial charge is 0.366 e. The molecule has 0 bridgehead atoms. The van der Waals surface area contributed by atoms with Crippen molar-refractivity contribution < 1.29 is 4.79 Å². The van der Waals surface area contributed by atoms with Gasteiger partial charge in [-0.25, -0.2) is 0 Å². The van der Waals surface area contributed by atoms with E-state index in [1.807, 2.05) is 36.4 Å². The van der Waals surface area contributed by atoms with Gasteiger partial charge in [-0.3, -0.25) is 4.79 Å². The van der Waals surface area contributed by atoms with Crippen LogP contribution in [0.25, 0.3) is 0 Å². The maximum Gasteiger partial charge on any atom is 0.248 e. The van der Waals surface area contributed by atoms with Crippen LogP contribution in [0.1, 0.15) is 21.5 Å². The number of primary amides is 1. The molecule has 2 nitrogen and oxygen atoms in total. The SMILES string of the molecule is Cl.NC(=O)c1cccc(Cc2ccccc2)c1. The molecule has 2 aromatic rings. The Kier molecular flexibility index (Phi) is 4.73. The Morgan fingerprint density at radius 1 is 0.941 bits per heavy atom. The van der Waals surface area contributed by atoms with Crippen molar-refractivity contribution in [1.82, 2.24) is 0 Å². The van der Waals surface area contributed by atoms with E-state index >= 15 is 0 Å². The van der Waals surface area contributed by atoms with E-state index in [0.29, 0.717) is 5.56 Å². The highest BCUT2D eigenvalue weighted by atomic mass is 35.5. The molecule has 88 valence electrons. The fourth-order valence-electron chi connectivity index (χ4n) is 1.67. The van der Waals surface area contributed by atoms with Crippen LogP contribution in [0.5, 0.6) is 0 Å². The second kappa shape index (κ2) is 6.06. The van der Waals surface area contributed by atoms with Crippen LogP contribution in [0.3, 0.4) is 0 Å². The molecule has 2 aromatic carbocycles. The molecular weight excluding hydrogens is 234 g/mol. The Hall–Kier alpha value is -1.80. The molecular formula is C14H14ClNO. The number of rotatable bonds is 3. The fourth-order valence-corrected chi connectivity index (χ4v) is 1.67. The van der Waals surface area contributed by atoms with Crippen LogP contribution >= 0.6 is 12.4 Å². The number of carbonyl (C=O) groups excluding carboxylic acids is 1. The van der Waals surface area contributed by atoms with Gasteiger partial charge in [0.2, 0.25) is 5.91 Å². The number of benzene rings is 2. The molecule has 0 atom stereocenters. The lowest BCUT2D eigenvalue weighted by Gasteiger charge is -2.03. The predicted octanol–water partition coefficient (Wildman–Crippen LogP) is 2.80. The van der Waals surface area contributed by atoms with Gasteiger partial charge in [-0.05, 0) is 29.7 Å². The number of hydrogen-bond donors (Lipinski definition) is 1. The Morgan fingerprint density at radius 3 is 2.24 bits per heavy atom. The molecule has 0 aliphatic heterocycles. The van der Waals surface area contributed by atoms with E-state index in [4.69, 9.17) is 5.73 Å².